The highest BCUT2D eigenvalue weighted by Crippen LogP contribution is 2.24. The van der Waals surface area contributed by atoms with Gasteiger partial charge >= 0.3 is 0 Å². The standard InChI is InChI=1S/C19H30N2O2/c22-19-5-3-4-17(19)15-20-14-16-6-8-18(9-7-16)23-13-12-21-10-1-2-11-21/h6-9,17,19-20,22H,1-5,10-15H2. The molecule has 1 aromatic rings. The quantitative estimate of drug-likeness (QED) is 0.773. The van der Waals surface area contributed by atoms with E-state index in [4.69, 9.17) is 4.74 Å². The molecule has 2 aliphatic rings. The molecule has 0 bridgehead atoms. The Morgan fingerprint density at radius 1 is 1.09 bits per heavy atom. The van der Waals surface area contributed by atoms with Crippen LogP contribution >= 0.6 is 0 Å². The molecule has 128 valence electrons. The van der Waals surface area contributed by atoms with E-state index in [0.29, 0.717) is 5.92 Å². The maximum Gasteiger partial charge on any atom is 0.119 e. The molecular weight excluding hydrogens is 288 g/mol. The number of nitrogens with zero attached hydrogens (tertiary/aromatic N) is 1. The molecule has 0 amide bonds. The van der Waals surface area contributed by atoms with Crippen LogP contribution in [0.1, 0.15) is 37.7 Å². The minimum absolute atomic E-state index is 0.103. The zero-order valence-electron chi connectivity index (χ0n) is 14.0. The number of likely N-dealkylation sites (tertiary alicyclic amines) is 1. The summed E-state index contributed by atoms with van der Waals surface area (Å²) in [5, 5.41) is 13.3. The Balaban J connectivity index is 1.33. The van der Waals surface area contributed by atoms with Crippen molar-refractivity contribution >= 4 is 0 Å². The molecule has 1 aliphatic carbocycles. The second-order valence-electron chi connectivity index (χ2n) is 6.93. The van der Waals surface area contributed by atoms with Crippen LogP contribution in [0.25, 0.3) is 0 Å². The van der Waals surface area contributed by atoms with Crippen LogP contribution in [0.3, 0.4) is 0 Å². The molecule has 1 aromatic carbocycles. The number of hydrogen-bond donors (Lipinski definition) is 2. The van der Waals surface area contributed by atoms with Crippen LogP contribution < -0.4 is 10.1 Å². The molecular formula is C19H30N2O2. The molecule has 1 saturated heterocycles. The second-order valence-corrected chi connectivity index (χ2v) is 6.93. The summed E-state index contributed by atoms with van der Waals surface area (Å²) in [5.74, 6) is 1.39. The van der Waals surface area contributed by atoms with E-state index in [1.54, 1.807) is 0 Å². The first-order valence-corrected chi connectivity index (χ1v) is 9.14. The number of aliphatic hydroxyl groups is 1. The molecule has 3 rings (SSSR count). The van der Waals surface area contributed by atoms with E-state index in [0.717, 1.165) is 51.3 Å². The minimum atomic E-state index is -0.103. The number of benzene rings is 1. The largest absolute Gasteiger partial charge is 0.492 e. The fourth-order valence-corrected chi connectivity index (χ4v) is 3.66. The van der Waals surface area contributed by atoms with Crippen LogP contribution in [-0.4, -0.2) is 48.9 Å². The minimum Gasteiger partial charge on any atom is -0.492 e. The zero-order chi connectivity index (χ0) is 15.9. The van der Waals surface area contributed by atoms with Crippen molar-refractivity contribution in [1.29, 1.82) is 0 Å². The van der Waals surface area contributed by atoms with Gasteiger partial charge in [-0.1, -0.05) is 18.6 Å². The second kappa shape index (κ2) is 8.67. The summed E-state index contributed by atoms with van der Waals surface area (Å²) in [7, 11) is 0. The van der Waals surface area contributed by atoms with Crippen molar-refractivity contribution in [2.75, 3.05) is 32.8 Å². The molecule has 0 radical (unpaired) electrons. The lowest BCUT2D eigenvalue weighted by atomic mass is 10.1. The van der Waals surface area contributed by atoms with Gasteiger partial charge in [-0.2, -0.15) is 0 Å². The lowest BCUT2D eigenvalue weighted by Gasteiger charge is -2.16. The predicted molar refractivity (Wildman–Crippen MR) is 92.7 cm³/mol. The summed E-state index contributed by atoms with van der Waals surface area (Å²) in [6, 6.07) is 8.38. The molecule has 23 heavy (non-hydrogen) atoms. The smallest absolute Gasteiger partial charge is 0.119 e. The van der Waals surface area contributed by atoms with Gasteiger partial charge in [0.05, 0.1) is 6.10 Å². The first kappa shape index (κ1) is 16.7. The summed E-state index contributed by atoms with van der Waals surface area (Å²) < 4.78 is 5.83. The molecule has 2 atom stereocenters. The molecule has 0 aromatic heterocycles. The van der Waals surface area contributed by atoms with Crippen LogP contribution in [-0.2, 0) is 6.54 Å². The van der Waals surface area contributed by atoms with Crippen LogP contribution in [0.2, 0.25) is 0 Å². The Bertz CT molecular complexity index is 457. The maximum absolute atomic E-state index is 9.82. The maximum atomic E-state index is 9.82. The van der Waals surface area contributed by atoms with Crippen molar-refractivity contribution < 1.29 is 9.84 Å². The third kappa shape index (κ3) is 5.20. The topological polar surface area (TPSA) is 44.7 Å². The van der Waals surface area contributed by atoms with Crippen molar-refractivity contribution in [2.24, 2.45) is 5.92 Å². The lowest BCUT2D eigenvalue weighted by molar-refractivity contribution is 0.131. The lowest BCUT2D eigenvalue weighted by Crippen LogP contribution is -2.27. The Labute approximate surface area is 139 Å². The Kier molecular flexibility index (Phi) is 6.31. The van der Waals surface area contributed by atoms with Crippen LogP contribution in [0.5, 0.6) is 5.75 Å². The van der Waals surface area contributed by atoms with Gasteiger partial charge in [-0.15, -0.1) is 0 Å². The van der Waals surface area contributed by atoms with Gasteiger partial charge in [-0.3, -0.25) is 4.90 Å². The van der Waals surface area contributed by atoms with Gasteiger partial charge in [0.2, 0.25) is 0 Å². The highest BCUT2D eigenvalue weighted by atomic mass is 16.5. The first-order chi connectivity index (χ1) is 11.3. The monoisotopic (exact) mass is 318 g/mol. The van der Waals surface area contributed by atoms with E-state index in [1.807, 2.05) is 0 Å². The Morgan fingerprint density at radius 2 is 1.87 bits per heavy atom. The number of nitrogens with one attached hydrogen (secondary N) is 1. The van der Waals surface area contributed by atoms with Crippen molar-refractivity contribution in [3.8, 4) is 5.75 Å². The summed E-state index contributed by atoms with van der Waals surface area (Å²) in [6.45, 7) is 6.03. The zero-order valence-corrected chi connectivity index (χ0v) is 14.0. The predicted octanol–water partition coefficient (Wildman–Crippen LogP) is 2.41. The third-order valence-corrected chi connectivity index (χ3v) is 5.15. The van der Waals surface area contributed by atoms with Gasteiger partial charge in [-0.25, -0.2) is 0 Å². The first-order valence-electron chi connectivity index (χ1n) is 9.14. The molecule has 2 fully saturated rings. The van der Waals surface area contributed by atoms with Crippen LogP contribution in [0.15, 0.2) is 24.3 Å². The molecule has 0 spiro atoms. The molecule has 1 heterocycles. The fourth-order valence-electron chi connectivity index (χ4n) is 3.66. The summed E-state index contributed by atoms with van der Waals surface area (Å²) in [5.41, 5.74) is 1.27. The Hall–Kier alpha value is -1.10. The van der Waals surface area contributed by atoms with Gasteiger partial charge < -0.3 is 15.2 Å². The molecule has 4 nitrogen and oxygen atoms in total. The number of rotatable bonds is 8. The molecule has 2 unspecified atom stereocenters. The summed E-state index contributed by atoms with van der Waals surface area (Å²) in [4.78, 5) is 2.47. The van der Waals surface area contributed by atoms with E-state index >= 15 is 0 Å². The van der Waals surface area contributed by atoms with Gasteiger partial charge in [0.15, 0.2) is 0 Å². The average Bonchev–Trinajstić information content (AvgIpc) is 3.21. The highest BCUT2D eigenvalue weighted by Gasteiger charge is 2.24. The van der Waals surface area contributed by atoms with Gasteiger partial charge in [0, 0.05) is 19.6 Å². The van der Waals surface area contributed by atoms with E-state index in [1.165, 1.54) is 31.5 Å². The van der Waals surface area contributed by atoms with Crippen molar-refractivity contribution in [2.45, 2.75) is 44.8 Å². The van der Waals surface area contributed by atoms with Gasteiger partial charge in [0.25, 0.3) is 0 Å². The number of aliphatic hydroxyl groups excluding tert-OH is 1. The van der Waals surface area contributed by atoms with E-state index in [9.17, 15) is 5.11 Å². The fraction of sp³-hybridized carbons (Fsp3) is 0.684. The molecule has 1 aliphatic heterocycles. The summed E-state index contributed by atoms with van der Waals surface area (Å²) in [6.07, 6.45) is 5.85. The van der Waals surface area contributed by atoms with E-state index in [-0.39, 0.29) is 6.10 Å². The van der Waals surface area contributed by atoms with Crippen LogP contribution in [0.4, 0.5) is 0 Å². The summed E-state index contributed by atoms with van der Waals surface area (Å²) >= 11 is 0. The van der Waals surface area contributed by atoms with Crippen molar-refractivity contribution in [1.82, 2.24) is 10.2 Å². The number of hydrogen-bond acceptors (Lipinski definition) is 4. The van der Waals surface area contributed by atoms with E-state index in [2.05, 4.69) is 34.5 Å². The third-order valence-electron chi connectivity index (χ3n) is 5.15. The highest BCUT2D eigenvalue weighted by molar-refractivity contribution is 5.27. The van der Waals surface area contributed by atoms with Gasteiger partial charge in [0.1, 0.15) is 12.4 Å². The van der Waals surface area contributed by atoms with E-state index < -0.39 is 0 Å². The normalized spacial score (nSPS) is 25.1. The molecule has 4 heteroatoms. The molecule has 2 N–H and O–H groups in total. The molecule has 1 saturated carbocycles. The van der Waals surface area contributed by atoms with Crippen molar-refractivity contribution in [3.63, 3.8) is 0 Å². The SMILES string of the molecule is OC1CCCC1CNCc1ccc(OCCN2CCCC2)cc1. The average molecular weight is 318 g/mol. The number of ether oxygens (including phenoxy) is 1. The van der Waals surface area contributed by atoms with Gasteiger partial charge in [-0.05, 0) is 62.4 Å². The van der Waals surface area contributed by atoms with Crippen molar-refractivity contribution in [3.05, 3.63) is 29.8 Å². The Morgan fingerprint density at radius 3 is 2.57 bits per heavy atom. The van der Waals surface area contributed by atoms with Crippen LogP contribution in [0, 0.1) is 5.92 Å².